The van der Waals surface area contributed by atoms with Gasteiger partial charge in [-0.15, -0.1) is 0 Å². The number of hydrogen-bond acceptors (Lipinski definition) is 6. The van der Waals surface area contributed by atoms with Crippen molar-refractivity contribution in [2.24, 2.45) is 12.1 Å². The lowest BCUT2D eigenvalue weighted by molar-refractivity contribution is -0.137. The molecule has 1 amide bonds. The van der Waals surface area contributed by atoms with E-state index in [-0.39, 0.29) is 24.1 Å². The number of amides is 1. The van der Waals surface area contributed by atoms with Gasteiger partial charge in [0.15, 0.2) is 0 Å². The summed E-state index contributed by atoms with van der Waals surface area (Å²) in [5.74, 6) is 0.759. The number of alkyl halides is 3. The highest BCUT2D eigenvalue weighted by molar-refractivity contribution is 8.14. The van der Waals surface area contributed by atoms with Crippen molar-refractivity contribution in [3.63, 3.8) is 0 Å². The first-order valence-electron chi connectivity index (χ1n) is 11.6. The van der Waals surface area contributed by atoms with Gasteiger partial charge in [0, 0.05) is 30.5 Å². The van der Waals surface area contributed by atoms with E-state index in [9.17, 15) is 26.4 Å². The van der Waals surface area contributed by atoms with Gasteiger partial charge >= 0.3 is 11.4 Å². The third-order valence-corrected chi connectivity index (χ3v) is 8.20. The zero-order valence-corrected chi connectivity index (χ0v) is 21.9. The second kappa shape index (κ2) is 10.8. The Hall–Kier alpha value is -2.90. The van der Waals surface area contributed by atoms with Gasteiger partial charge in [-0.05, 0) is 30.7 Å². The number of sulfonamides is 1. The number of aryl methyl sites for hydroxylation is 1. The number of unbranched alkanes of at least 4 members (excludes halogenated alkanes) is 1. The lowest BCUT2D eigenvalue weighted by Gasteiger charge is -2.23. The standard InChI is InChI=1S/C24H26F3N5O3S2/c1-3-4-12-37(34,35)28-10-11-32-23(33)36-15-20(30-32)16-8-9-21-19(14-16)29-22(31(21)2)17-6-5-7-18(13-17)24(25,26)27/h5-9,13-14,28H,3-4,10-12,15H2,1-2H3. The number of carbonyl (C=O) groups excluding carboxylic acids is 1. The smallest absolute Gasteiger partial charge is 0.327 e. The highest BCUT2D eigenvalue weighted by Crippen LogP contribution is 2.33. The second-order valence-electron chi connectivity index (χ2n) is 8.57. The molecule has 0 spiro atoms. The lowest BCUT2D eigenvalue weighted by Crippen LogP contribution is -2.37. The molecule has 2 heterocycles. The molecule has 0 atom stereocenters. The Morgan fingerprint density at radius 2 is 1.92 bits per heavy atom. The molecule has 0 unspecified atom stereocenters. The van der Waals surface area contributed by atoms with E-state index in [1.165, 1.54) is 11.1 Å². The van der Waals surface area contributed by atoms with Crippen LogP contribution in [0.5, 0.6) is 0 Å². The molecular weight excluding hydrogens is 527 g/mol. The first kappa shape index (κ1) is 27.1. The molecule has 198 valence electrons. The van der Waals surface area contributed by atoms with Crippen LogP contribution >= 0.6 is 11.8 Å². The van der Waals surface area contributed by atoms with Gasteiger partial charge in [-0.25, -0.2) is 23.1 Å². The normalized spacial score (nSPS) is 14.9. The quantitative estimate of drug-likeness (QED) is 0.409. The van der Waals surface area contributed by atoms with E-state index >= 15 is 0 Å². The number of hydrazone groups is 1. The van der Waals surface area contributed by atoms with Crippen molar-refractivity contribution in [2.45, 2.75) is 25.9 Å². The van der Waals surface area contributed by atoms with E-state index < -0.39 is 21.8 Å². The van der Waals surface area contributed by atoms with Gasteiger partial charge in [0.05, 0.1) is 34.6 Å². The van der Waals surface area contributed by atoms with Crippen molar-refractivity contribution in [1.29, 1.82) is 0 Å². The molecule has 1 aliphatic rings. The van der Waals surface area contributed by atoms with Crippen molar-refractivity contribution in [1.82, 2.24) is 19.3 Å². The van der Waals surface area contributed by atoms with Crippen LogP contribution in [-0.4, -0.2) is 58.5 Å². The van der Waals surface area contributed by atoms with Gasteiger partial charge in [0.1, 0.15) is 5.82 Å². The molecule has 3 aromatic rings. The molecule has 1 N–H and O–H groups in total. The van der Waals surface area contributed by atoms with E-state index in [4.69, 9.17) is 0 Å². The van der Waals surface area contributed by atoms with E-state index in [1.54, 1.807) is 23.7 Å². The number of thioether (sulfide) groups is 1. The van der Waals surface area contributed by atoms with Crippen molar-refractivity contribution in [2.75, 3.05) is 24.6 Å². The van der Waals surface area contributed by atoms with Crippen molar-refractivity contribution < 1.29 is 26.4 Å². The average Bonchev–Trinajstić information content (AvgIpc) is 3.19. The van der Waals surface area contributed by atoms with Gasteiger partial charge in [-0.1, -0.05) is 43.3 Å². The number of hydrogen-bond donors (Lipinski definition) is 1. The zero-order chi connectivity index (χ0) is 26.8. The fraction of sp³-hybridized carbons (Fsp3) is 0.375. The van der Waals surface area contributed by atoms with Crippen molar-refractivity contribution in [3.05, 3.63) is 53.6 Å². The number of imidazole rings is 1. The summed E-state index contributed by atoms with van der Waals surface area (Å²) in [5, 5.41) is 5.40. The monoisotopic (exact) mass is 553 g/mol. The zero-order valence-electron chi connectivity index (χ0n) is 20.2. The minimum atomic E-state index is -4.46. The third-order valence-electron chi connectivity index (χ3n) is 5.86. The molecule has 2 aromatic carbocycles. The second-order valence-corrected chi connectivity index (χ2v) is 11.4. The number of nitrogens with one attached hydrogen (secondary N) is 1. The summed E-state index contributed by atoms with van der Waals surface area (Å²) in [6, 6.07) is 10.4. The number of rotatable bonds is 9. The summed E-state index contributed by atoms with van der Waals surface area (Å²) in [5.41, 5.74) is 2.24. The largest absolute Gasteiger partial charge is 0.416 e. The van der Waals surface area contributed by atoms with Crippen LogP contribution in [0, 0.1) is 0 Å². The van der Waals surface area contributed by atoms with Crippen LogP contribution < -0.4 is 4.72 Å². The maximum absolute atomic E-state index is 13.2. The molecule has 0 saturated heterocycles. The predicted octanol–water partition coefficient (Wildman–Crippen LogP) is 4.85. The summed E-state index contributed by atoms with van der Waals surface area (Å²) >= 11 is 1.06. The fourth-order valence-electron chi connectivity index (χ4n) is 3.89. The molecule has 37 heavy (non-hydrogen) atoms. The van der Waals surface area contributed by atoms with Gasteiger partial charge in [0.2, 0.25) is 10.0 Å². The van der Waals surface area contributed by atoms with Crippen LogP contribution in [0.3, 0.4) is 0 Å². The van der Waals surface area contributed by atoms with Crippen LogP contribution in [0.2, 0.25) is 0 Å². The molecule has 0 fully saturated rings. The summed E-state index contributed by atoms with van der Waals surface area (Å²) in [6.45, 7) is 2.05. The summed E-state index contributed by atoms with van der Waals surface area (Å²) in [4.78, 5) is 16.9. The summed E-state index contributed by atoms with van der Waals surface area (Å²) < 4.78 is 67.8. The van der Waals surface area contributed by atoms with Crippen LogP contribution in [0.25, 0.3) is 22.4 Å². The van der Waals surface area contributed by atoms with Crippen molar-refractivity contribution in [3.8, 4) is 11.4 Å². The molecule has 0 saturated carbocycles. The minimum Gasteiger partial charge on any atom is -0.327 e. The Morgan fingerprint density at radius 1 is 1.14 bits per heavy atom. The van der Waals surface area contributed by atoms with Crippen LogP contribution in [0.4, 0.5) is 18.0 Å². The number of aromatic nitrogens is 2. The first-order valence-corrected chi connectivity index (χ1v) is 14.3. The Labute approximate surface area is 217 Å². The maximum atomic E-state index is 13.2. The van der Waals surface area contributed by atoms with Crippen LogP contribution in [-0.2, 0) is 23.2 Å². The highest BCUT2D eigenvalue weighted by atomic mass is 32.2. The summed E-state index contributed by atoms with van der Waals surface area (Å²) in [6.07, 6.45) is -3.14. The molecule has 4 rings (SSSR count). The van der Waals surface area contributed by atoms with Crippen LogP contribution in [0.1, 0.15) is 30.9 Å². The first-order chi connectivity index (χ1) is 17.5. The third kappa shape index (κ3) is 6.33. The number of fused-ring (bicyclic) bond motifs is 1. The molecule has 0 aliphatic carbocycles. The van der Waals surface area contributed by atoms with Gasteiger partial charge in [-0.3, -0.25) is 4.79 Å². The fourth-order valence-corrected chi connectivity index (χ4v) is 5.87. The number of halogens is 3. The maximum Gasteiger partial charge on any atom is 0.416 e. The molecule has 8 nitrogen and oxygen atoms in total. The van der Waals surface area contributed by atoms with E-state index in [2.05, 4.69) is 14.8 Å². The summed E-state index contributed by atoms with van der Waals surface area (Å²) in [7, 11) is -1.67. The highest BCUT2D eigenvalue weighted by Gasteiger charge is 2.31. The average molecular weight is 554 g/mol. The number of benzene rings is 2. The number of nitrogens with zero attached hydrogens (tertiary/aromatic N) is 4. The molecule has 1 aromatic heterocycles. The molecule has 0 radical (unpaired) electrons. The Morgan fingerprint density at radius 3 is 2.65 bits per heavy atom. The van der Waals surface area contributed by atoms with E-state index in [1.807, 2.05) is 19.1 Å². The Balaban J connectivity index is 1.56. The van der Waals surface area contributed by atoms with E-state index in [0.717, 1.165) is 41.4 Å². The minimum absolute atomic E-state index is 0.0350. The topological polar surface area (TPSA) is 96.7 Å². The molecule has 1 aliphatic heterocycles. The lowest BCUT2D eigenvalue weighted by atomic mass is 10.1. The molecular formula is C24H26F3N5O3S2. The van der Waals surface area contributed by atoms with Gasteiger partial charge in [-0.2, -0.15) is 18.3 Å². The molecule has 0 bridgehead atoms. The Kier molecular flexibility index (Phi) is 7.95. The Bertz CT molecular complexity index is 1450. The van der Waals surface area contributed by atoms with Gasteiger partial charge in [0.25, 0.3) is 0 Å². The van der Waals surface area contributed by atoms with Crippen LogP contribution in [0.15, 0.2) is 47.6 Å². The van der Waals surface area contributed by atoms with Gasteiger partial charge < -0.3 is 4.57 Å². The van der Waals surface area contributed by atoms with E-state index in [0.29, 0.717) is 34.8 Å². The molecule has 13 heteroatoms. The predicted molar refractivity (Wildman–Crippen MR) is 139 cm³/mol. The number of carbonyl (C=O) groups is 1. The van der Waals surface area contributed by atoms with Crippen molar-refractivity contribution >= 4 is 43.8 Å². The SMILES string of the molecule is CCCCS(=O)(=O)NCCN1N=C(c2ccc3c(c2)nc(-c2cccc(C(F)(F)F)c2)n3C)CSC1=O.